The number of azo groups is 1. The highest BCUT2D eigenvalue weighted by Gasteiger charge is 2.30. The van der Waals surface area contributed by atoms with Crippen LogP contribution in [0.15, 0.2) is 15.3 Å². The topological polar surface area (TPSA) is 63.1 Å². The van der Waals surface area contributed by atoms with E-state index in [1.54, 1.807) is 0 Å². The van der Waals surface area contributed by atoms with E-state index in [9.17, 15) is 43.9 Å². The lowest BCUT2D eigenvalue weighted by Crippen LogP contribution is -2.13. The molecule has 144 valence electrons. The Hall–Kier alpha value is -3.19. The fraction of sp³-hybridized carbons (Fsp3) is 0. The van der Waals surface area contributed by atoms with Crippen molar-refractivity contribution >= 4 is 11.5 Å². The second-order valence-corrected chi connectivity index (χ2v) is 4.52. The predicted molar refractivity (Wildman–Crippen MR) is 67.7 cm³/mol. The van der Waals surface area contributed by atoms with Crippen LogP contribution in [-0.4, -0.2) is 5.84 Å². The highest BCUT2D eigenvalue weighted by Crippen LogP contribution is 2.30. The van der Waals surface area contributed by atoms with E-state index in [2.05, 4.69) is 21.2 Å². The number of nitrogens with two attached hydrogens (primary N) is 1. The van der Waals surface area contributed by atoms with E-state index < -0.39 is 75.3 Å². The molecule has 14 heteroatoms. The molecule has 27 heavy (non-hydrogen) atoms. The van der Waals surface area contributed by atoms with Gasteiger partial charge in [-0.05, 0) is 0 Å². The SMILES string of the molecule is N/N=C(\N=Nc1c(F)c(F)c(F)c(F)c1F)c1c(F)c(F)c(F)c(F)c1F. The summed E-state index contributed by atoms with van der Waals surface area (Å²) < 4.78 is 132. The zero-order chi connectivity index (χ0) is 20.6. The average Bonchev–Trinajstić information content (AvgIpc) is 2.66. The van der Waals surface area contributed by atoms with Crippen LogP contribution in [0.5, 0.6) is 0 Å². The van der Waals surface area contributed by atoms with E-state index in [0.29, 0.717) is 0 Å². The number of halogens is 10. The third-order valence-corrected chi connectivity index (χ3v) is 2.99. The molecule has 0 fully saturated rings. The molecule has 0 aliphatic heterocycles. The van der Waals surface area contributed by atoms with Gasteiger partial charge in [0.1, 0.15) is 5.56 Å². The summed E-state index contributed by atoms with van der Waals surface area (Å²) in [6.45, 7) is 0. The second-order valence-electron chi connectivity index (χ2n) is 4.52. The van der Waals surface area contributed by atoms with Gasteiger partial charge >= 0.3 is 0 Å². The number of benzene rings is 2. The molecule has 0 amide bonds. The van der Waals surface area contributed by atoms with E-state index in [0.717, 1.165) is 0 Å². The van der Waals surface area contributed by atoms with Gasteiger partial charge in [0, 0.05) is 0 Å². The molecule has 0 heterocycles. The molecule has 0 saturated heterocycles. The first kappa shape index (κ1) is 20.1. The van der Waals surface area contributed by atoms with Crippen LogP contribution in [-0.2, 0) is 0 Å². The molecule has 0 unspecified atom stereocenters. The molecule has 0 spiro atoms. The molecule has 0 atom stereocenters. The Morgan fingerprint density at radius 3 is 1.22 bits per heavy atom. The average molecular weight is 404 g/mol. The fourth-order valence-electron chi connectivity index (χ4n) is 1.72. The zero-order valence-electron chi connectivity index (χ0n) is 12.2. The third kappa shape index (κ3) is 3.17. The van der Waals surface area contributed by atoms with Gasteiger partial charge in [-0.3, -0.25) is 0 Å². The quantitative estimate of drug-likeness (QED) is 0.115. The maximum absolute atomic E-state index is 13.6. The Balaban J connectivity index is 2.66. The van der Waals surface area contributed by atoms with Crippen LogP contribution in [0.25, 0.3) is 0 Å². The van der Waals surface area contributed by atoms with Crippen LogP contribution < -0.4 is 5.84 Å². The second kappa shape index (κ2) is 7.20. The molecular weight excluding hydrogens is 402 g/mol. The number of rotatable bonds is 2. The molecule has 4 nitrogen and oxygen atoms in total. The van der Waals surface area contributed by atoms with Crippen molar-refractivity contribution in [2.24, 2.45) is 21.2 Å². The maximum Gasteiger partial charge on any atom is 0.206 e. The summed E-state index contributed by atoms with van der Waals surface area (Å²) in [7, 11) is 0. The number of nitrogens with zero attached hydrogens (tertiary/aromatic N) is 3. The third-order valence-electron chi connectivity index (χ3n) is 2.99. The van der Waals surface area contributed by atoms with Crippen LogP contribution in [0, 0.1) is 58.2 Å². The zero-order valence-corrected chi connectivity index (χ0v) is 12.2. The fourth-order valence-corrected chi connectivity index (χ4v) is 1.72. The predicted octanol–water partition coefficient (Wildman–Crippen LogP) is 4.48. The first-order chi connectivity index (χ1) is 12.5. The molecular formula is C13H2F10N4. The first-order valence-corrected chi connectivity index (χ1v) is 6.27. The minimum absolute atomic E-state index is 1.59. The molecule has 0 aromatic heterocycles. The van der Waals surface area contributed by atoms with Gasteiger partial charge in [-0.25, -0.2) is 43.9 Å². The maximum atomic E-state index is 13.6. The molecule has 2 aromatic rings. The summed E-state index contributed by atoms with van der Waals surface area (Å²) in [5.74, 6) is -21.6. The lowest BCUT2D eigenvalue weighted by Gasteiger charge is -2.07. The Morgan fingerprint density at radius 1 is 0.519 bits per heavy atom. The summed E-state index contributed by atoms with van der Waals surface area (Å²) in [5.41, 5.74) is -3.77. The van der Waals surface area contributed by atoms with Crippen LogP contribution in [0.2, 0.25) is 0 Å². The van der Waals surface area contributed by atoms with Gasteiger partial charge in [-0.1, -0.05) is 0 Å². The largest absolute Gasteiger partial charge is 0.321 e. The van der Waals surface area contributed by atoms with Crippen molar-refractivity contribution < 1.29 is 43.9 Å². The summed E-state index contributed by atoms with van der Waals surface area (Å²) in [6, 6.07) is 0. The molecule has 0 saturated carbocycles. The van der Waals surface area contributed by atoms with Gasteiger partial charge in [-0.15, -0.1) is 10.2 Å². The van der Waals surface area contributed by atoms with E-state index in [-0.39, 0.29) is 0 Å². The molecule has 0 radical (unpaired) electrons. The highest BCUT2D eigenvalue weighted by molar-refractivity contribution is 5.99. The van der Waals surface area contributed by atoms with E-state index >= 15 is 0 Å². The Bertz CT molecular complexity index is 944. The van der Waals surface area contributed by atoms with E-state index in [1.165, 1.54) is 0 Å². The summed E-state index contributed by atoms with van der Waals surface area (Å²) in [4.78, 5) is 0. The highest BCUT2D eigenvalue weighted by atomic mass is 19.2. The molecule has 2 rings (SSSR count). The smallest absolute Gasteiger partial charge is 0.206 e. The van der Waals surface area contributed by atoms with Crippen molar-refractivity contribution in [1.82, 2.24) is 0 Å². The number of hydrogen-bond acceptors (Lipinski definition) is 3. The van der Waals surface area contributed by atoms with Crippen LogP contribution >= 0.6 is 0 Å². The van der Waals surface area contributed by atoms with Gasteiger partial charge in [0.25, 0.3) is 0 Å². The number of hydrazone groups is 1. The van der Waals surface area contributed by atoms with Crippen molar-refractivity contribution in [2.45, 2.75) is 0 Å². The minimum atomic E-state index is -2.54. The lowest BCUT2D eigenvalue weighted by atomic mass is 10.1. The van der Waals surface area contributed by atoms with Crippen LogP contribution in [0.4, 0.5) is 49.6 Å². The number of hydrogen-bond donors (Lipinski definition) is 1. The van der Waals surface area contributed by atoms with Crippen LogP contribution in [0.3, 0.4) is 0 Å². The number of amidine groups is 1. The van der Waals surface area contributed by atoms with Gasteiger partial charge in [0.15, 0.2) is 52.2 Å². The van der Waals surface area contributed by atoms with Gasteiger partial charge < -0.3 is 5.84 Å². The van der Waals surface area contributed by atoms with Gasteiger partial charge in [0.2, 0.25) is 17.5 Å². The van der Waals surface area contributed by atoms with Crippen molar-refractivity contribution in [2.75, 3.05) is 0 Å². The molecule has 0 aliphatic carbocycles. The van der Waals surface area contributed by atoms with E-state index in [1.807, 2.05) is 0 Å². The standard InChI is InChI=1S/C13H2F10N4/c14-2-1(3(15)5(17)6(18)4(2)16)13(25-24)27-26-12-10(22)8(20)7(19)9(21)11(12)23/h24H2/b25-13-,27-26?. The molecule has 2 aromatic carbocycles. The van der Waals surface area contributed by atoms with Crippen molar-refractivity contribution in [3.63, 3.8) is 0 Å². The van der Waals surface area contributed by atoms with Crippen molar-refractivity contribution in [3.8, 4) is 0 Å². The Labute approximate surface area is 141 Å². The molecule has 0 aliphatic rings. The summed E-state index contributed by atoms with van der Waals surface area (Å²) in [6.07, 6.45) is 0. The summed E-state index contributed by atoms with van der Waals surface area (Å²) in [5, 5.41) is 7.70. The molecule has 2 N–H and O–H groups in total. The molecule has 0 bridgehead atoms. The first-order valence-electron chi connectivity index (χ1n) is 6.27. The Kier molecular flexibility index (Phi) is 5.37. The normalized spacial score (nSPS) is 12.3. The van der Waals surface area contributed by atoms with Gasteiger partial charge in [0.05, 0.1) is 0 Å². The van der Waals surface area contributed by atoms with Crippen molar-refractivity contribution in [1.29, 1.82) is 0 Å². The summed E-state index contributed by atoms with van der Waals surface area (Å²) >= 11 is 0. The monoisotopic (exact) mass is 404 g/mol. The Morgan fingerprint density at radius 2 is 0.852 bits per heavy atom. The van der Waals surface area contributed by atoms with Crippen molar-refractivity contribution in [3.05, 3.63) is 63.7 Å². The van der Waals surface area contributed by atoms with E-state index in [4.69, 9.17) is 0 Å². The minimum Gasteiger partial charge on any atom is -0.321 e. The van der Waals surface area contributed by atoms with Gasteiger partial charge in [-0.2, -0.15) is 5.10 Å². The lowest BCUT2D eigenvalue weighted by molar-refractivity contribution is 0.376. The van der Waals surface area contributed by atoms with Crippen LogP contribution in [0.1, 0.15) is 5.56 Å².